The number of aromatic nitrogens is 2. The zero-order valence-electron chi connectivity index (χ0n) is 18.7. The van der Waals surface area contributed by atoms with Crippen LogP contribution in [0.15, 0.2) is 5.16 Å². The van der Waals surface area contributed by atoms with Crippen LogP contribution in [0.2, 0.25) is 10.3 Å². The van der Waals surface area contributed by atoms with E-state index in [-0.39, 0.29) is 35.0 Å². The maximum absolute atomic E-state index is 13.4. The molecule has 1 aromatic heterocycles. The SMILES string of the molecule is CSc1nc(Cl)c(C(=O)N(CC2CCCN2C(=O)OC(C)(C)C)CC(C)(C)O)c(Cl)n1. The number of halogens is 2. The molecule has 2 rings (SSSR count). The van der Waals surface area contributed by atoms with E-state index in [0.717, 1.165) is 6.42 Å². The molecule has 2 heterocycles. The van der Waals surface area contributed by atoms with Gasteiger partial charge in [-0.25, -0.2) is 14.8 Å². The van der Waals surface area contributed by atoms with Crippen LogP contribution in [-0.4, -0.2) is 80.0 Å². The maximum Gasteiger partial charge on any atom is 0.410 e. The smallest absolute Gasteiger partial charge is 0.410 e. The highest BCUT2D eigenvalue weighted by Crippen LogP contribution is 2.28. The Labute approximate surface area is 197 Å². The van der Waals surface area contributed by atoms with Crippen molar-refractivity contribution in [1.82, 2.24) is 19.8 Å². The van der Waals surface area contributed by atoms with Crippen molar-refractivity contribution in [3.05, 3.63) is 15.9 Å². The average molecular weight is 493 g/mol. The number of nitrogens with zero attached hydrogens (tertiary/aromatic N) is 4. The first kappa shape index (κ1) is 26.0. The van der Waals surface area contributed by atoms with Crippen molar-refractivity contribution in [2.45, 2.75) is 69.9 Å². The van der Waals surface area contributed by atoms with Crippen LogP contribution in [0.1, 0.15) is 57.8 Å². The van der Waals surface area contributed by atoms with Gasteiger partial charge in [0.05, 0.1) is 11.6 Å². The highest BCUT2D eigenvalue weighted by Gasteiger charge is 2.36. The Morgan fingerprint density at radius 1 is 1.23 bits per heavy atom. The van der Waals surface area contributed by atoms with Gasteiger partial charge in [0, 0.05) is 19.6 Å². The number of carbonyl (C=O) groups excluding carboxylic acids is 2. The number of thioether (sulfide) groups is 1. The number of carbonyl (C=O) groups is 2. The van der Waals surface area contributed by atoms with Gasteiger partial charge in [0.25, 0.3) is 5.91 Å². The van der Waals surface area contributed by atoms with Crippen LogP contribution < -0.4 is 0 Å². The van der Waals surface area contributed by atoms with Gasteiger partial charge in [-0.1, -0.05) is 35.0 Å². The first-order valence-electron chi connectivity index (χ1n) is 10.00. The summed E-state index contributed by atoms with van der Waals surface area (Å²) >= 11 is 13.8. The molecule has 1 saturated heterocycles. The molecule has 1 unspecified atom stereocenters. The number of ether oxygens (including phenoxy) is 1. The quantitative estimate of drug-likeness (QED) is 0.362. The van der Waals surface area contributed by atoms with Crippen LogP contribution in [0.4, 0.5) is 4.79 Å². The number of likely N-dealkylation sites (tertiary alicyclic amines) is 1. The minimum Gasteiger partial charge on any atom is -0.444 e. The fourth-order valence-electron chi connectivity index (χ4n) is 3.34. The summed E-state index contributed by atoms with van der Waals surface area (Å²) < 4.78 is 5.51. The fraction of sp³-hybridized carbons (Fsp3) is 0.700. The first-order chi connectivity index (χ1) is 14.2. The third-order valence-electron chi connectivity index (χ3n) is 4.50. The van der Waals surface area contributed by atoms with Crippen molar-refractivity contribution in [1.29, 1.82) is 0 Å². The highest BCUT2D eigenvalue weighted by molar-refractivity contribution is 7.98. The van der Waals surface area contributed by atoms with Gasteiger partial charge in [0.2, 0.25) is 0 Å². The van der Waals surface area contributed by atoms with Crippen molar-refractivity contribution in [3.63, 3.8) is 0 Å². The van der Waals surface area contributed by atoms with E-state index in [4.69, 9.17) is 27.9 Å². The Bertz CT molecular complexity index is 803. The maximum atomic E-state index is 13.4. The van der Waals surface area contributed by atoms with Crippen LogP contribution in [0.3, 0.4) is 0 Å². The van der Waals surface area contributed by atoms with Gasteiger partial charge in [-0.2, -0.15) is 0 Å². The Morgan fingerprint density at radius 3 is 2.29 bits per heavy atom. The molecule has 0 spiro atoms. The molecule has 11 heteroatoms. The molecule has 1 atom stereocenters. The summed E-state index contributed by atoms with van der Waals surface area (Å²) in [5.41, 5.74) is -1.82. The van der Waals surface area contributed by atoms with Crippen LogP contribution in [0, 0.1) is 0 Å². The molecular formula is C20H30Cl2N4O4S. The van der Waals surface area contributed by atoms with Gasteiger partial charge in [0.1, 0.15) is 21.5 Å². The van der Waals surface area contributed by atoms with Crippen molar-refractivity contribution < 1.29 is 19.4 Å². The lowest BCUT2D eigenvalue weighted by atomic mass is 10.1. The average Bonchev–Trinajstić information content (AvgIpc) is 3.06. The standard InChI is InChI=1S/C20H30Cl2N4O4S/c1-19(2,3)30-18(28)26-9-7-8-12(26)10-25(11-20(4,5)29)16(27)13-14(21)23-17(31-6)24-15(13)22/h12,29H,7-11H2,1-6H3. The Kier molecular flexibility index (Phi) is 8.46. The molecule has 2 amide bonds. The van der Waals surface area contributed by atoms with E-state index < -0.39 is 23.2 Å². The van der Waals surface area contributed by atoms with Gasteiger partial charge >= 0.3 is 6.09 Å². The van der Waals surface area contributed by atoms with Crippen LogP contribution >= 0.6 is 35.0 Å². The van der Waals surface area contributed by atoms with Crippen LogP contribution in [0.5, 0.6) is 0 Å². The lowest BCUT2D eigenvalue weighted by Crippen LogP contribution is -2.50. The van der Waals surface area contributed by atoms with Gasteiger partial charge in [-0.3, -0.25) is 4.79 Å². The molecule has 1 fully saturated rings. The van der Waals surface area contributed by atoms with Crippen molar-refractivity contribution >= 4 is 47.0 Å². The first-order valence-corrected chi connectivity index (χ1v) is 12.0. The van der Waals surface area contributed by atoms with E-state index >= 15 is 0 Å². The van der Waals surface area contributed by atoms with Gasteiger partial charge in [0.15, 0.2) is 5.16 Å². The van der Waals surface area contributed by atoms with Crippen molar-refractivity contribution in [2.75, 3.05) is 25.9 Å². The molecule has 0 bridgehead atoms. The fourth-order valence-corrected chi connectivity index (χ4v) is 4.36. The normalized spacial score (nSPS) is 17.1. The lowest BCUT2D eigenvalue weighted by molar-refractivity contribution is 0.0102. The Balaban J connectivity index is 2.31. The summed E-state index contributed by atoms with van der Waals surface area (Å²) in [5, 5.41) is 10.7. The van der Waals surface area contributed by atoms with E-state index in [1.165, 1.54) is 16.7 Å². The second-order valence-electron chi connectivity index (χ2n) is 9.13. The minimum atomic E-state index is -1.18. The van der Waals surface area contributed by atoms with Crippen LogP contribution in [0.25, 0.3) is 0 Å². The molecule has 0 radical (unpaired) electrons. The van der Waals surface area contributed by atoms with Gasteiger partial charge in [-0.15, -0.1) is 0 Å². The third kappa shape index (κ3) is 7.37. The monoisotopic (exact) mass is 492 g/mol. The summed E-state index contributed by atoms with van der Waals surface area (Å²) in [6.45, 7) is 9.37. The molecule has 0 saturated carbocycles. The molecule has 1 aromatic rings. The second kappa shape index (κ2) is 10.1. The summed E-state index contributed by atoms with van der Waals surface area (Å²) in [6.07, 6.45) is 2.85. The van der Waals surface area contributed by atoms with Gasteiger partial charge < -0.3 is 19.6 Å². The highest BCUT2D eigenvalue weighted by atomic mass is 35.5. The molecule has 1 aliphatic heterocycles. The summed E-state index contributed by atoms with van der Waals surface area (Å²) in [6, 6.07) is -0.259. The van der Waals surface area contributed by atoms with E-state index in [1.54, 1.807) is 25.0 Å². The zero-order chi connectivity index (χ0) is 23.6. The van der Waals surface area contributed by atoms with E-state index in [0.29, 0.717) is 18.1 Å². The van der Waals surface area contributed by atoms with Gasteiger partial charge in [-0.05, 0) is 53.7 Å². The number of amides is 2. The lowest BCUT2D eigenvalue weighted by Gasteiger charge is -2.35. The molecular weight excluding hydrogens is 463 g/mol. The van der Waals surface area contributed by atoms with Crippen molar-refractivity contribution in [2.24, 2.45) is 0 Å². The van der Waals surface area contributed by atoms with Crippen molar-refractivity contribution in [3.8, 4) is 0 Å². The largest absolute Gasteiger partial charge is 0.444 e. The molecule has 1 aliphatic rings. The molecule has 0 aliphatic carbocycles. The predicted molar refractivity (Wildman–Crippen MR) is 122 cm³/mol. The predicted octanol–water partition coefficient (Wildman–Crippen LogP) is 4.12. The van der Waals surface area contributed by atoms with Crippen LogP contribution in [-0.2, 0) is 4.74 Å². The number of hydrogen-bond acceptors (Lipinski definition) is 7. The number of rotatable bonds is 6. The summed E-state index contributed by atoms with van der Waals surface area (Å²) in [5.74, 6) is -0.499. The number of aliphatic hydroxyl groups is 1. The Hall–Kier alpha value is -1.29. The van der Waals surface area contributed by atoms with E-state index in [1.807, 2.05) is 20.8 Å². The second-order valence-corrected chi connectivity index (χ2v) is 10.6. The molecule has 8 nitrogen and oxygen atoms in total. The molecule has 0 aromatic carbocycles. The molecule has 174 valence electrons. The van der Waals surface area contributed by atoms with E-state index in [9.17, 15) is 14.7 Å². The Morgan fingerprint density at radius 2 is 1.81 bits per heavy atom. The third-order valence-corrected chi connectivity index (χ3v) is 5.59. The summed E-state index contributed by atoms with van der Waals surface area (Å²) in [4.78, 5) is 37.3. The topological polar surface area (TPSA) is 95.9 Å². The summed E-state index contributed by atoms with van der Waals surface area (Å²) in [7, 11) is 0. The molecule has 31 heavy (non-hydrogen) atoms. The van der Waals surface area contributed by atoms with E-state index in [2.05, 4.69) is 9.97 Å². The number of hydrogen-bond donors (Lipinski definition) is 1. The minimum absolute atomic E-state index is 0.0153. The molecule has 1 N–H and O–H groups in total. The zero-order valence-corrected chi connectivity index (χ0v) is 21.1.